The Kier molecular flexibility index (Phi) is 3.62. The number of carboxylic acid groups (broad SMARTS) is 2. The van der Waals surface area contributed by atoms with Crippen molar-refractivity contribution in [2.45, 2.75) is 31.7 Å². The number of nitrogens with zero attached hydrogens (tertiary/aromatic N) is 3. The van der Waals surface area contributed by atoms with Gasteiger partial charge in [-0.2, -0.15) is 0 Å². The lowest BCUT2D eigenvalue weighted by atomic mass is 9.82. The summed E-state index contributed by atoms with van der Waals surface area (Å²) in [5, 5.41) is 25.9. The van der Waals surface area contributed by atoms with Gasteiger partial charge in [0.2, 0.25) is 0 Å². The molecule has 1 heterocycles. The molecule has 7 nitrogen and oxygen atoms in total. The quantitative estimate of drug-likeness (QED) is 0.875. The van der Waals surface area contributed by atoms with Crippen molar-refractivity contribution in [1.82, 2.24) is 15.0 Å². The maximum Gasteiger partial charge on any atom is 0.358 e. The molecular weight excluding hydrogens is 286 g/mol. The molecule has 0 spiro atoms. The lowest BCUT2D eigenvalue weighted by molar-refractivity contribution is 0.0680. The van der Waals surface area contributed by atoms with Crippen LogP contribution >= 0.6 is 0 Å². The van der Waals surface area contributed by atoms with Crippen LogP contribution in [-0.4, -0.2) is 37.1 Å². The highest BCUT2D eigenvalue weighted by Crippen LogP contribution is 2.37. The van der Waals surface area contributed by atoms with Crippen LogP contribution in [0.4, 0.5) is 0 Å². The molecule has 0 radical (unpaired) electrons. The third-order valence-electron chi connectivity index (χ3n) is 4.00. The van der Waals surface area contributed by atoms with Crippen molar-refractivity contribution >= 4 is 11.9 Å². The van der Waals surface area contributed by atoms with Crippen molar-refractivity contribution in [3.05, 3.63) is 46.8 Å². The molecule has 1 saturated carbocycles. The number of carbonyl (C=O) groups is 2. The van der Waals surface area contributed by atoms with Crippen molar-refractivity contribution in [2.75, 3.05) is 0 Å². The lowest BCUT2D eigenvalue weighted by Crippen LogP contribution is -2.18. The Morgan fingerprint density at radius 3 is 2.32 bits per heavy atom. The molecule has 1 aromatic heterocycles. The zero-order valence-corrected chi connectivity index (χ0v) is 11.8. The molecule has 2 aromatic rings. The molecule has 1 aliphatic rings. The van der Waals surface area contributed by atoms with Gasteiger partial charge in [0, 0.05) is 5.92 Å². The lowest BCUT2D eigenvalue weighted by Gasteiger charge is -2.26. The fourth-order valence-corrected chi connectivity index (χ4v) is 2.60. The third kappa shape index (κ3) is 2.57. The van der Waals surface area contributed by atoms with Crippen LogP contribution in [0.3, 0.4) is 0 Å². The van der Waals surface area contributed by atoms with Crippen LogP contribution in [0.1, 0.15) is 57.3 Å². The molecule has 0 saturated heterocycles. The van der Waals surface area contributed by atoms with E-state index in [0.717, 1.165) is 24.8 Å². The van der Waals surface area contributed by atoms with E-state index in [4.69, 9.17) is 5.11 Å². The summed E-state index contributed by atoms with van der Waals surface area (Å²) in [5.74, 6) is -1.84. The number of carboxylic acids is 2. The van der Waals surface area contributed by atoms with Crippen LogP contribution in [0.15, 0.2) is 24.3 Å². The average Bonchev–Trinajstić information content (AvgIpc) is 2.81. The van der Waals surface area contributed by atoms with Gasteiger partial charge < -0.3 is 10.2 Å². The smallest absolute Gasteiger partial charge is 0.358 e. The first-order chi connectivity index (χ1) is 10.6. The van der Waals surface area contributed by atoms with E-state index < -0.39 is 11.9 Å². The van der Waals surface area contributed by atoms with Crippen LogP contribution in [0.25, 0.3) is 0 Å². The van der Waals surface area contributed by atoms with Crippen LogP contribution in [-0.2, 0) is 6.54 Å². The number of aromatic carboxylic acids is 2. The van der Waals surface area contributed by atoms with Gasteiger partial charge in [-0.05, 0) is 30.5 Å². The highest BCUT2D eigenvalue weighted by atomic mass is 16.4. The van der Waals surface area contributed by atoms with Crippen LogP contribution in [0.2, 0.25) is 0 Å². The Morgan fingerprint density at radius 1 is 1.14 bits per heavy atom. The van der Waals surface area contributed by atoms with E-state index in [2.05, 4.69) is 10.3 Å². The van der Waals surface area contributed by atoms with Crippen LogP contribution in [0, 0.1) is 0 Å². The molecule has 0 atom stereocenters. The SMILES string of the molecule is O=C(O)c1ccc(Cn2nnc(C(=O)O)c2C2CCC2)cc1. The zero-order chi connectivity index (χ0) is 15.7. The van der Waals surface area contributed by atoms with Crippen molar-refractivity contribution in [3.63, 3.8) is 0 Å². The van der Waals surface area contributed by atoms with Crippen molar-refractivity contribution in [2.24, 2.45) is 0 Å². The summed E-state index contributed by atoms with van der Waals surface area (Å²) < 4.78 is 1.61. The largest absolute Gasteiger partial charge is 0.478 e. The fourth-order valence-electron chi connectivity index (χ4n) is 2.60. The Hall–Kier alpha value is -2.70. The van der Waals surface area contributed by atoms with Crippen molar-refractivity contribution in [3.8, 4) is 0 Å². The molecule has 0 unspecified atom stereocenters. The first-order valence-corrected chi connectivity index (χ1v) is 7.05. The molecule has 2 N–H and O–H groups in total. The molecule has 3 rings (SSSR count). The normalized spacial score (nSPS) is 14.5. The van der Waals surface area contributed by atoms with Gasteiger partial charge in [-0.25, -0.2) is 14.3 Å². The molecule has 0 aliphatic heterocycles. The topological polar surface area (TPSA) is 105 Å². The molecule has 22 heavy (non-hydrogen) atoms. The van der Waals surface area contributed by atoms with Crippen LogP contribution in [0.5, 0.6) is 0 Å². The molecule has 0 bridgehead atoms. The van der Waals surface area contributed by atoms with Gasteiger partial charge in [0.15, 0.2) is 5.69 Å². The van der Waals surface area contributed by atoms with E-state index in [0.29, 0.717) is 12.2 Å². The first kappa shape index (κ1) is 14.2. The number of benzene rings is 1. The monoisotopic (exact) mass is 301 g/mol. The van der Waals surface area contributed by atoms with Gasteiger partial charge in [-0.15, -0.1) is 5.10 Å². The molecule has 1 aliphatic carbocycles. The Bertz CT molecular complexity index is 717. The van der Waals surface area contributed by atoms with Crippen LogP contribution < -0.4 is 0 Å². The van der Waals surface area contributed by atoms with E-state index in [-0.39, 0.29) is 17.2 Å². The number of hydrogen-bond acceptors (Lipinski definition) is 4. The van der Waals surface area contributed by atoms with E-state index in [1.165, 1.54) is 12.1 Å². The third-order valence-corrected chi connectivity index (χ3v) is 4.00. The summed E-state index contributed by atoms with van der Waals surface area (Å²) in [5.41, 5.74) is 1.76. The second-order valence-electron chi connectivity index (χ2n) is 5.42. The minimum Gasteiger partial charge on any atom is -0.478 e. The van der Waals surface area contributed by atoms with Gasteiger partial charge in [-0.1, -0.05) is 23.8 Å². The number of aromatic nitrogens is 3. The number of rotatable bonds is 5. The molecule has 114 valence electrons. The standard InChI is InChI=1S/C15H15N3O4/c19-14(20)11-6-4-9(5-7-11)8-18-13(10-2-1-3-10)12(15(21)22)16-17-18/h4-7,10H,1-3,8H2,(H,19,20)(H,21,22). The highest BCUT2D eigenvalue weighted by molar-refractivity contribution is 5.87. The summed E-state index contributed by atoms with van der Waals surface area (Å²) in [6.07, 6.45) is 2.99. The molecular formula is C15H15N3O4. The zero-order valence-electron chi connectivity index (χ0n) is 11.8. The summed E-state index contributed by atoms with van der Waals surface area (Å²) in [7, 11) is 0. The van der Waals surface area contributed by atoms with E-state index in [1.54, 1.807) is 16.8 Å². The minimum atomic E-state index is -1.06. The van der Waals surface area contributed by atoms with Gasteiger partial charge in [0.05, 0.1) is 17.8 Å². The van der Waals surface area contributed by atoms with Gasteiger partial charge in [0.25, 0.3) is 0 Å². The molecule has 1 fully saturated rings. The summed E-state index contributed by atoms with van der Waals surface area (Å²) >= 11 is 0. The Morgan fingerprint density at radius 2 is 1.82 bits per heavy atom. The van der Waals surface area contributed by atoms with E-state index in [9.17, 15) is 14.7 Å². The summed E-state index contributed by atoms with van der Waals surface area (Å²) in [4.78, 5) is 22.1. The first-order valence-electron chi connectivity index (χ1n) is 7.05. The fraction of sp³-hybridized carbons (Fsp3) is 0.333. The summed E-state index contributed by atoms with van der Waals surface area (Å²) in [6, 6.07) is 6.46. The molecule has 0 amide bonds. The van der Waals surface area contributed by atoms with Crippen molar-refractivity contribution in [1.29, 1.82) is 0 Å². The van der Waals surface area contributed by atoms with Gasteiger partial charge in [-0.3, -0.25) is 0 Å². The predicted molar refractivity (Wildman–Crippen MR) is 76.1 cm³/mol. The van der Waals surface area contributed by atoms with Gasteiger partial charge in [0.1, 0.15) is 0 Å². The van der Waals surface area contributed by atoms with E-state index >= 15 is 0 Å². The van der Waals surface area contributed by atoms with Crippen molar-refractivity contribution < 1.29 is 19.8 Å². The Balaban J connectivity index is 1.88. The minimum absolute atomic E-state index is 0.0202. The highest BCUT2D eigenvalue weighted by Gasteiger charge is 2.30. The second kappa shape index (κ2) is 5.59. The molecule has 1 aromatic carbocycles. The summed E-state index contributed by atoms with van der Waals surface area (Å²) in [6.45, 7) is 0.381. The maximum atomic E-state index is 11.3. The second-order valence-corrected chi connectivity index (χ2v) is 5.42. The average molecular weight is 301 g/mol. The maximum absolute atomic E-state index is 11.3. The number of hydrogen-bond donors (Lipinski definition) is 2. The molecule has 7 heteroatoms. The Labute approximate surface area is 126 Å². The predicted octanol–water partition coefficient (Wildman–Crippen LogP) is 1.99. The van der Waals surface area contributed by atoms with Gasteiger partial charge >= 0.3 is 11.9 Å². The van der Waals surface area contributed by atoms with E-state index in [1.807, 2.05) is 0 Å².